The van der Waals surface area contributed by atoms with Crippen molar-refractivity contribution in [3.8, 4) is 11.1 Å². The molecule has 11 heteroatoms. The van der Waals surface area contributed by atoms with Crippen molar-refractivity contribution < 1.29 is 58.6 Å². The fourth-order valence-electron chi connectivity index (χ4n) is 0.663. The molecule has 0 aromatic carbocycles. The number of aliphatic hydroxyl groups excluding tert-OH is 1. The van der Waals surface area contributed by atoms with E-state index in [2.05, 4.69) is 50.4 Å². The second kappa shape index (κ2) is 9.86. The number of hydrogen-bond acceptors (Lipinski definition) is 2. The zero-order chi connectivity index (χ0) is 19.3. The summed E-state index contributed by atoms with van der Waals surface area (Å²) in [4.78, 5) is 9.86. The van der Waals surface area contributed by atoms with Crippen LogP contribution >= 0.6 is 0 Å². The van der Waals surface area contributed by atoms with Crippen LogP contribution in [0.5, 0.6) is 0 Å². The summed E-state index contributed by atoms with van der Waals surface area (Å²) in [7, 11) is -2.19. The van der Waals surface area contributed by atoms with Gasteiger partial charge in [0.05, 0.1) is 0 Å². The molecule has 0 amide bonds. The molecule has 0 saturated carbocycles. The number of rotatable bonds is 1. The average Bonchev–Trinajstić information content (AvgIpc) is 2.22. The van der Waals surface area contributed by atoms with Gasteiger partial charge in [0.25, 0.3) is 5.78 Å². The molecule has 0 aliphatic carbocycles. The maximum atomic E-state index is 11.4. The number of allylic oxidation sites excluding steroid dienone is 2. The molecule has 0 aromatic rings. The molecule has 1 radical (unpaired) electrons. The van der Waals surface area contributed by atoms with E-state index in [0.29, 0.717) is 0 Å². The topological polar surface area (TPSA) is 37.3 Å². The van der Waals surface area contributed by atoms with Crippen molar-refractivity contribution in [3.05, 3.63) is 11.8 Å². The van der Waals surface area contributed by atoms with Crippen LogP contribution in [0.25, 0.3) is 0 Å². The Morgan fingerprint density at radius 2 is 1.12 bits per heavy atom. The maximum Gasteiger partial charge on any atom is 0.454 e. The van der Waals surface area contributed by atoms with Crippen LogP contribution in [0.3, 0.4) is 0 Å². The van der Waals surface area contributed by atoms with E-state index in [1.165, 1.54) is 0 Å². The van der Waals surface area contributed by atoms with Crippen LogP contribution in [0.2, 0.25) is 39.3 Å². The van der Waals surface area contributed by atoms with Crippen LogP contribution < -0.4 is 0 Å². The maximum absolute atomic E-state index is 11.4. The molecular formula is C13H20AgF6O2Si2. The van der Waals surface area contributed by atoms with Gasteiger partial charge in [-0.2, -0.15) is 26.3 Å². The number of alkyl halides is 6. The molecule has 24 heavy (non-hydrogen) atoms. The van der Waals surface area contributed by atoms with Crippen LogP contribution in [-0.4, -0.2) is 39.4 Å². The van der Waals surface area contributed by atoms with Crippen molar-refractivity contribution in [2.45, 2.75) is 51.6 Å². The molecule has 0 atom stereocenters. The standard InChI is InChI=1S/C8H18Si2.C5H2F6O2.Ag/c1-9(2,3)7-8-10(4,5)6;6-4(7,8)2(12)1-3(13)5(9,10)11;/h1-6H3;1,12H;/b;2-1-;. The Morgan fingerprint density at radius 1 is 0.833 bits per heavy atom. The quantitative estimate of drug-likeness (QED) is 0.189. The number of carbonyl (C=O) groups is 1. The minimum Gasteiger partial charge on any atom is -0.504 e. The Labute approximate surface area is 155 Å². The van der Waals surface area contributed by atoms with E-state index >= 15 is 0 Å². The molecule has 1 N–H and O–H groups in total. The first-order chi connectivity index (χ1) is 9.76. The summed E-state index contributed by atoms with van der Waals surface area (Å²) in [5.74, 6) is -5.34. The molecule has 2 nitrogen and oxygen atoms in total. The second-order valence-corrected chi connectivity index (χ2v) is 16.1. The Morgan fingerprint density at radius 3 is 1.29 bits per heavy atom. The Hall–Kier alpha value is -0.476. The van der Waals surface area contributed by atoms with Gasteiger partial charge in [-0.05, 0) is 0 Å². The molecule has 0 aliphatic heterocycles. The molecule has 0 aromatic heterocycles. The van der Waals surface area contributed by atoms with Crippen molar-refractivity contribution >= 4 is 21.9 Å². The summed E-state index contributed by atoms with van der Waals surface area (Å²) in [6, 6.07) is 0. The summed E-state index contributed by atoms with van der Waals surface area (Å²) in [6.07, 6.45) is -11.7. The zero-order valence-corrected chi connectivity index (χ0v) is 17.5. The van der Waals surface area contributed by atoms with Crippen LogP contribution in [-0.2, 0) is 27.2 Å². The third-order valence-corrected chi connectivity index (χ3v) is 3.65. The summed E-state index contributed by atoms with van der Waals surface area (Å²) in [5.41, 5.74) is 6.82. The largest absolute Gasteiger partial charge is 0.504 e. The number of aliphatic hydroxyl groups is 1. The van der Waals surface area contributed by atoms with Crippen LogP contribution in [0.15, 0.2) is 11.8 Å². The van der Waals surface area contributed by atoms with E-state index < -0.39 is 46.1 Å². The van der Waals surface area contributed by atoms with E-state index in [1.54, 1.807) is 0 Å². The molecular weight excluding hydrogens is 466 g/mol. The van der Waals surface area contributed by atoms with Gasteiger partial charge in [-0.25, -0.2) is 0 Å². The molecule has 0 rings (SSSR count). The monoisotopic (exact) mass is 485 g/mol. The Balaban J connectivity index is -0.000000364. The van der Waals surface area contributed by atoms with Gasteiger partial charge < -0.3 is 5.11 Å². The van der Waals surface area contributed by atoms with Crippen molar-refractivity contribution in [2.24, 2.45) is 0 Å². The molecule has 0 spiro atoms. The van der Waals surface area contributed by atoms with Crippen LogP contribution in [0.4, 0.5) is 26.3 Å². The third-order valence-electron chi connectivity index (χ3n) is 1.65. The summed E-state index contributed by atoms with van der Waals surface area (Å²) >= 11 is 0. The van der Waals surface area contributed by atoms with Crippen LogP contribution in [0, 0.1) is 11.1 Å². The molecule has 0 unspecified atom stereocenters. The van der Waals surface area contributed by atoms with E-state index in [4.69, 9.17) is 5.11 Å². The average molecular weight is 486 g/mol. The van der Waals surface area contributed by atoms with Gasteiger partial charge in [0.2, 0.25) is 5.76 Å². The van der Waals surface area contributed by atoms with Gasteiger partial charge in [-0.3, -0.25) is 4.79 Å². The minimum atomic E-state index is -5.42. The minimum absolute atomic E-state index is 0. The predicted octanol–water partition coefficient (Wildman–Crippen LogP) is 4.86. The van der Waals surface area contributed by atoms with Crippen molar-refractivity contribution in [3.63, 3.8) is 0 Å². The first-order valence-corrected chi connectivity index (χ1v) is 13.4. The normalized spacial score (nSPS) is 12.9. The number of hydrogen-bond donors (Lipinski definition) is 1. The van der Waals surface area contributed by atoms with Gasteiger partial charge in [-0.15, -0.1) is 11.1 Å². The van der Waals surface area contributed by atoms with Gasteiger partial charge in [-0.1, -0.05) is 39.3 Å². The second-order valence-electron chi connectivity index (χ2n) is 6.64. The third kappa shape index (κ3) is 17.9. The van der Waals surface area contributed by atoms with Crippen LogP contribution in [0.1, 0.15) is 0 Å². The summed E-state index contributed by atoms with van der Waals surface area (Å²) in [6.45, 7) is 13.8. The Kier molecular flexibility index (Phi) is 11.6. The molecule has 0 aliphatic rings. The first-order valence-electron chi connectivity index (χ1n) is 6.39. The zero-order valence-electron chi connectivity index (χ0n) is 14.0. The van der Waals surface area contributed by atoms with E-state index in [0.717, 1.165) is 0 Å². The van der Waals surface area contributed by atoms with E-state index in [-0.39, 0.29) is 22.4 Å². The van der Waals surface area contributed by atoms with E-state index in [1.807, 2.05) is 0 Å². The molecule has 0 heterocycles. The van der Waals surface area contributed by atoms with Gasteiger partial charge in [0, 0.05) is 28.5 Å². The smallest absolute Gasteiger partial charge is 0.454 e. The van der Waals surface area contributed by atoms with Crippen molar-refractivity contribution in [1.82, 2.24) is 0 Å². The summed E-state index contributed by atoms with van der Waals surface area (Å²) in [5, 5.41) is 7.93. The fraction of sp³-hybridized carbons (Fsp3) is 0.615. The number of halogens is 6. The SMILES string of the molecule is C[Si](C)(C)C#C[Si](C)(C)C.O=C(/C=C(\O)C(F)(F)F)C(F)(F)F.[Ag]. The fourth-order valence-corrected chi connectivity index (χ4v) is 3.66. The molecule has 145 valence electrons. The number of carbonyl (C=O) groups excluding carboxylic acids is 1. The molecule has 0 fully saturated rings. The predicted molar refractivity (Wildman–Crippen MR) is 82.3 cm³/mol. The summed E-state index contributed by atoms with van der Waals surface area (Å²) < 4.78 is 68.1. The first kappa shape index (κ1) is 28.3. The van der Waals surface area contributed by atoms with Gasteiger partial charge in [0.15, 0.2) is 0 Å². The van der Waals surface area contributed by atoms with Gasteiger partial charge >= 0.3 is 12.4 Å². The number of ketones is 1. The van der Waals surface area contributed by atoms with E-state index in [9.17, 15) is 31.1 Å². The van der Waals surface area contributed by atoms with Crippen molar-refractivity contribution in [2.75, 3.05) is 0 Å². The molecule has 0 saturated heterocycles. The van der Waals surface area contributed by atoms with Gasteiger partial charge in [0.1, 0.15) is 16.1 Å². The molecule has 0 bridgehead atoms. The Bertz CT molecular complexity index is 484. The van der Waals surface area contributed by atoms with Crippen molar-refractivity contribution in [1.29, 1.82) is 0 Å².